The highest BCUT2D eigenvalue weighted by Crippen LogP contribution is 2.46. The van der Waals surface area contributed by atoms with E-state index in [2.05, 4.69) is 11.1 Å². The van der Waals surface area contributed by atoms with Crippen molar-refractivity contribution in [1.29, 1.82) is 0 Å². The zero-order chi connectivity index (χ0) is 19.3. The summed E-state index contributed by atoms with van der Waals surface area (Å²) in [5.41, 5.74) is 12.2. The standard InChI is InChI=1S/C22H18Cl2N2O/c1-11-7-13-19(9-17(11)25)27-20-10-18(26-3)12(2)8-14(20)21(13)22-15(23)5-4-6-16(22)24/h4-10H,25H2,1-3H3. The molecule has 0 atom stereocenters. The van der Waals surface area contributed by atoms with Crippen LogP contribution in [0.15, 0.2) is 51.9 Å². The van der Waals surface area contributed by atoms with Gasteiger partial charge in [0.05, 0.1) is 5.36 Å². The summed E-state index contributed by atoms with van der Waals surface area (Å²) >= 11 is 13.2. The molecule has 0 saturated heterocycles. The molecule has 0 saturated carbocycles. The molecule has 4 rings (SSSR count). The Bertz CT molecular complexity index is 1220. The first kappa shape index (κ1) is 17.9. The van der Waals surface area contributed by atoms with Gasteiger partial charge in [0.25, 0.3) is 0 Å². The van der Waals surface area contributed by atoms with Crippen LogP contribution in [0, 0.1) is 13.8 Å². The second-order valence-corrected chi connectivity index (χ2v) is 7.45. The number of hydrogen-bond donors (Lipinski definition) is 1. The van der Waals surface area contributed by atoms with Crippen LogP contribution < -0.4 is 11.1 Å². The quantitative estimate of drug-likeness (QED) is 0.305. The lowest BCUT2D eigenvalue weighted by Gasteiger charge is -2.19. The molecular weight excluding hydrogens is 379 g/mol. The van der Waals surface area contributed by atoms with Gasteiger partial charge in [0.15, 0.2) is 0 Å². The van der Waals surface area contributed by atoms with E-state index in [4.69, 9.17) is 33.4 Å². The van der Waals surface area contributed by atoms with Crippen LogP contribution in [-0.2, 0) is 0 Å². The van der Waals surface area contributed by atoms with Gasteiger partial charge in [-0.3, -0.25) is 4.99 Å². The third kappa shape index (κ3) is 2.88. The minimum Gasteiger partial charge on any atom is -0.456 e. The molecule has 1 aliphatic heterocycles. The highest BCUT2D eigenvalue weighted by molar-refractivity contribution is 6.40. The molecule has 0 unspecified atom stereocenters. The van der Waals surface area contributed by atoms with Gasteiger partial charge in [-0.15, -0.1) is 0 Å². The number of aryl methyl sites for hydroxylation is 2. The van der Waals surface area contributed by atoms with Gasteiger partial charge in [-0.2, -0.15) is 0 Å². The monoisotopic (exact) mass is 396 g/mol. The van der Waals surface area contributed by atoms with Gasteiger partial charge in [0.1, 0.15) is 11.3 Å². The largest absolute Gasteiger partial charge is 0.456 e. The van der Waals surface area contributed by atoms with Crippen molar-refractivity contribution in [1.82, 2.24) is 0 Å². The molecule has 0 fully saturated rings. The van der Waals surface area contributed by atoms with Gasteiger partial charge in [-0.1, -0.05) is 29.3 Å². The Morgan fingerprint density at radius 3 is 2.30 bits per heavy atom. The Morgan fingerprint density at radius 2 is 1.63 bits per heavy atom. The second kappa shape index (κ2) is 6.59. The third-order valence-electron chi connectivity index (χ3n) is 4.88. The predicted molar refractivity (Wildman–Crippen MR) is 114 cm³/mol. The fourth-order valence-electron chi connectivity index (χ4n) is 3.45. The Labute approximate surface area is 167 Å². The molecule has 0 bridgehead atoms. The Hall–Kier alpha value is -2.49. The molecule has 2 aromatic rings. The van der Waals surface area contributed by atoms with Crippen LogP contribution >= 0.6 is 23.2 Å². The predicted octanol–water partition coefficient (Wildman–Crippen LogP) is 6.24. The first-order valence-corrected chi connectivity index (χ1v) is 9.31. The Morgan fingerprint density at radius 1 is 0.926 bits per heavy atom. The van der Waals surface area contributed by atoms with Crippen LogP contribution in [0.25, 0.3) is 33.4 Å². The van der Waals surface area contributed by atoms with E-state index in [1.165, 1.54) is 0 Å². The Kier molecular flexibility index (Phi) is 4.37. The molecular formula is C22H18Cl2N2O. The highest BCUT2D eigenvalue weighted by Gasteiger charge is 2.22. The number of nitrogens with zero attached hydrogens (tertiary/aromatic N) is 1. The van der Waals surface area contributed by atoms with Crippen molar-refractivity contribution >= 4 is 39.9 Å². The molecule has 136 valence electrons. The molecule has 3 nitrogen and oxygen atoms in total. The maximum Gasteiger partial charge on any atom is 0.137 e. The summed E-state index contributed by atoms with van der Waals surface area (Å²) in [4.78, 5) is 4.33. The van der Waals surface area contributed by atoms with Crippen LogP contribution in [0.1, 0.15) is 11.1 Å². The molecule has 0 aromatic heterocycles. The van der Waals surface area contributed by atoms with Gasteiger partial charge in [0, 0.05) is 57.0 Å². The molecule has 1 aliphatic carbocycles. The van der Waals surface area contributed by atoms with Gasteiger partial charge < -0.3 is 10.2 Å². The van der Waals surface area contributed by atoms with E-state index >= 15 is 0 Å². The normalized spacial score (nSPS) is 12.3. The number of anilines is 1. The van der Waals surface area contributed by atoms with E-state index in [-0.39, 0.29) is 0 Å². The van der Waals surface area contributed by atoms with Gasteiger partial charge >= 0.3 is 0 Å². The zero-order valence-corrected chi connectivity index (χ0v) is 16.7. The molecule has 5 heteroatoms. The first-order valence-electron chi connectivity index (χ1n) is 8.55. The van der Waals surface area contributed by atoms with Gasteiger partial charge in [0.2, 0.25) is 0 Å². The summed E-state index contributed by atoms with van der Waals surface area (Å²) in [5, 5.41) is 2.98. The molecule has 0 spiro atoms. The number of halogens is 2. The summed E-state index contributed by atoms with van der Waals surface area (Å²) in [6.45, 7) is 4.00. The molecule has 2 N–H and O–H groups in total. The summed E-state index contributed by atoms with van der Waals surface area (Å²) in [6.07, 6.45) is 0. The van der Waals surface area contributed by atoms with Crippen LogP contribution in [0.2, 0.25) is 10.0 Å². The third-order valence-corrected chi connectivity index (χ3v) is 5.51. The lowest BCUT2D eigenvalue weighted by atomic mass is 9.91. The SMILES string of the molecule is CN=c1cc2oc3cc(N)c(C)cc3c(-c3c(Cl)cccc3Cl)c-2cc1C. The number of hydrogen-bond acceptors (Lipinski definition) is 3. The van der Waals surface area contributed by atoms with Crippen molar-refractivity contribution in [2.24, 2.45) is 4.99 Å². The van der Waals surface area contributed by atoms with Crippen molar-refractivity contribution in [3.63, 3.8) is 0 Å². The lowest BCUT2D eigenvalue weighted by Crippen LogP contribution is -2.08. The van der Waals surface area contributed by atoms with Gasteiger partial charge in [-0.25, -0.2) is 0 Å². The van der Waals surface area contributed by atoms with E-state index in [1.54, 1.807) is 7.05 Å². The average molecular weight is 397 g/mol. The molecule has 2 aliphatic rings. The average Bonchev–Trinajstić information content (AvgIpc) is 2.62. The van der Waals surface area contributed by atoms with Crippen LogP contribution in [-0.4, -0.2) is 7.05 Å². The highest BCUT2D eigenvalue weighted by atomic mass is 35.5. The van der Waals surface area contributed by atoms with E-state index in [9.17, 15) is 0 Å². The number of benzene rings is 3. The van der Waals surface area contributed by atoms with Crippen LogP contribution in [0.3, 0.4) is 0 Å². The van der Waals surface area contributed by atoms with E-state index in [0.29, 0.717) is 27.1 Å². The van der Waals surface area contributed by atoms with E-state index in [1.807, 2.05) is 50.2 Å². The van der Waals surface area contributed by atoms with E-state index in [0.717, 1.165) is 38.6 Å². The minimum atomic E-state index is 0.590. The molecule has 0 amide bonds. The first-order chi connectivity index (χ1) is 12.9. The number of nitrogen functional groups attached to an aromatic ring is 1. The van der Waals surface area contributed by atoms with Crippen molar-refractivity contribution in [3.8, 4) is 22.5 Å². The maximum atomic E-state index is 6.58. The fourth-order valence-corrected chi connectivity index (χ4v) is 4.04. The van der Waals surface area contributed by atoms with E-state index < -0.39 is 0 Å². The van der Waals surface area contributed by atoms with Crippen molar-refractivity contribution < 1.29 is 4.42 Å². The van der Waals surface area contributed by atoms with Crippen LogP contribution in [0.4, 0.5) is 5.69 Å². The summed E-state index contributed by atoms with van der Waals surface area (Å²) in [5.74, 6) is 0.711. The second-order valence-electron chi connectivity index (χ2n) is 6.64. The van der Waals surface area contributed by atoms with Gasteiger partial charge in [-0.05, 0) is 49.2 Å². The molecule has 27 heavy (non-hydrogen) atoms. The minimum absolute atomic E-state index is 0.590. The fraction of sp³-hybridized carbons (Fsp3) is 0.136. The summed E-state index contributed by atoms with van der Waals surface area (Å²) < 4.78 is 6.20. The summed E-state index contributed by atoms with van der Waals surface area (Å²) in [6, 6.07) is 13.4. The van der Waals surface area contributed by atoms with Crippen molar-refractivity contribution in [2.45, 2.75) is 13.8 Å². The van der Waals surface area contributed by atoms with Crippen molar-refractivity contribution in [3.05, 3.63) is 69.0 Å². The smallest absolute Gasteiger partial charge is 0.137 e. The number of rotatable bonds is 1. The zero-order valence-electron chi connectivity index (χ0n) is 15.2. The molecule has 2 aromatic carbocycles. The maximum absolute atomic E-state index is 6.58. The molecule has 0 radical (unpaired) electrons. The Balaban J connectivity index is 2.29. The van der Waals surface area contributed by atoms with Crippen LogP contribution in [0.5, 0.6) is 0 Å². The topological polar surface area (TPSA) is 51.5 Å². The lowest BCUT2D eigenvalue weighted by molar-refractivity contribution is 0.619. The number of fused-ring (bicyclic) bond motifs is 2. The summed E-state index contributed by atoms with van der Waals surface area (Å²) in [7, 11) is 1.77. The number of nitrogens with two attached hydrogens (primary N) is 1. The molecule has 1 heterocycles. The van der Waals surface area contributed by atoms with Crippen molar-refractivity contribution in [2.75, 3.05) is 12.8 Å².